The molecule has 2 rings (SSSR count). The van der Waals surface area contributed by atoms with E-state index in [0.717, 1.165) is 30.3 Å². The molecule has 0 atom stereocenters. The molecule has 2 aromatic carbocycles. The maximum atomic E-state index is 13.0. The average molecular weight is 324 g/mol. The summed E-state index contributed by atoms with van der Waals surface area (Å²) in [7, 11) is 0. The van der Waals surface area contributed by atoms with Crippen molar-refractivity contribution in [2.24, 2.45) is 4.99 Å². The van der Waals surface area contributed by atoms with Crippen LogP contribution in [0.2, 0.25) is 0 Å². The van der Waals surface area contributed by atoms with Crippen LogP contribution in [0.1, 0.15) is 25.0 Å². The summed E-state index contributed by atoms with van der Waals surface area (Å²) in [4.78, 5) is 6.76. The smallest absolute Gasteiger partial charge is 0.198 e. The summed E-state index contributed by atoms with van der Waals surface area (Å²) in [5.74, 6) is 0.511. The van der Waals surface area contributed by atoms with Crippen LogP contribution < -0.4 is 5.32 Å². The van der Waals surface area contributed by atoms with Crippen LogP contribution in [0.15, 0.2) is 53.5 Å². The lowest BCUT2D eigenvalue weighted by Gasteiger charge is -2.24. The monoisotopic (exact) mass is 324 g/mol. The van der Waals surface area contributed by atoms with E-state index in [2.05, 4.69) is 35.1 Å². The molecule has 0 bridgehead atoms. The number of hydrogen-bond donors (Lipinski definition) is 1. The zero-order valence-electron chi connectivity index (χ0n) is 14.0. The van der Waals surface area contributed by atoms with Crippen LogP contribution in [-0.4, -0.2) is 23.9 Å². The Hall–Kier alpha value is -2.87. The normalized spacial score (nSPS) is 11.0. The number of hydrogen-bond acceptors (Lipinski definition) is 2. The lowest BCUT2D eigenvalue weighted by atomic mass is 10.2. The number of guanidine groups is 1. The van der Waals surface area contributed by atoms with Crippen LogP contribution in [0.25, 0.3) is 0 Å². The SMILES string of the molecule is CCN(CC)C(=NCc1ccc(F)cc1)Nc1ccc(C#N)cc1. The third-order valence-electron chi connectivity index (χ3n) is 3.66. The van der Waals surface area contributed by atoms with Crippen LogP contribution in [0.3, 0.4) is 0 Å². The summed E-state index contributed by atoms with van der Waals surface area (Å²) in [5, 5.41) is 12.2. The van der Waals surface area contributed by atoms with Crippen molar-refractivity contribution in [2.75, 3.05) is 18.4 Å². The van der Waals surface area contributed by atoms with Crippen LogP contribution in [0, 0.1) is 17.1 Å². The molecule has 0 aliphatic rings. The standard InChI is InChI=1S/C19H21FN4/c1-3-24(4-2)19(22-14-16-5-9-17(20)10-6-16)23-18-11-7-15(13-21)8-12-18/h5-12H,3-4,14H2,1-2H3,(H,22,23). The molecular weight excluding hydrogens is 303 g/mol. The van der Waals surface area contributed by atoms with Gasteiger partial charge in [0.25, 0.3) is 0 Å². The molecule has 2 aromatic rings. The second-order valence-corrected chi connectivity index (χ2v) is 5.25. The van der Waals surface area contributed by atoms with Crippen LogP contribution >= 0.6 is 0 Å². The Morgan fingerprint density at radius 3 is 2.25 bits per heavy atom. The first-order chi connectivity index (χ1) is 11.7. The van der Waals surface area contributed by atoms with Crippen molar-refractivity contribution in [3.8, 4) is 6.07 Å². The number of anilines is 1. The predicted octanol–water partition coefficient (Wildman–Crippen LogP) is 4.01. The molecule has 1 N–H and O–H groups in total. The zero-order valence-corrected chi connectivity index (χ0v) is 14.0. The molecule has 0 saturated carbocycles. The molecular formula is C19H21FN4. The van der Waals surface area contributed by atoms with E-state index in [1.807, 2.05) is 12.1 Å². The lowest BCUT2D eigenvalue weighted by Crippen LogP contribution is -2.36. The number of nitrogens with zero attached hydrogens (tertiary/aromatic N) is 3. The summed E-state index contributed by atoms with van der Waals surface area (Å²) in [6.45, 7) is 6.24. The van der Waals surface area contributed by atoms with Crippen molar-refractivity contribution in [3.05, 3.63) is 65.5 Å². The van der Waals surface area contributed by atoms with Gasteiger partial charge in [-0.05, 0) is 55.8 Å². The number of nitriles is 1. The summed E-state index contributed by atoms with van der Waals surface area (Å²) < 4.78 is 13.0. The van der Waals surface area contributed by atoms with E-state index in [4.69, 9.17) is 5.26 Å². The van der Waals surface area contributed by atoms with E-state index in [0.29, 0.717) is 12.1 Å². The van der Waals surface area contributed by atoms with Crippen molar-refractivity contribution in [1.29, 1.82) is 5.26 Å². The Kier molecular flexibility index (Phi) is 6.32. The molecule has 5 heteroatoms. The molecule has 0 spiro atoms. The highest BCUT2D eigenvalue weighted by Gasteiger charge is 2.08. The quantitative estimate of drug-likeness (QED) is 0.668. The fourth-order valence-corrected chi connectivity index (χ4v) is 2.25. The van der Waals surface area contributed by atoms with Crippen LogP contribution in [-0.2, 0) is 6.54 Å². The number of aliphatic imine (C=N–C) groups is 1. The second kappa shape index (κ2) is 8.68. The maximum absolute atomic E-state index is 13.0. The minimum absolute atomic E-state index is 0.248. The van der Waals surface area contributed by atoms with Gasteiger partial charge in [-0.15, -0.1) is 0 Å². The first-order valence-electron chi connectivity index (χ1n) is 7.97. The van der Waals surface area contributed by atoms with E-state index in [1.165, 1.54) is 12.1 Å². The van der Waals surface area contributed by atoms with E-state index >= 15 is 0 Å². The maximum Gasteiger partial charge on any atom is 0.198 e. The molecule has 4 nitrogen and oxygen atoms in total. The molecule has 0 aromatic heterocycles. The molecule has 0 heterocycles. The summed E-state index contributed by atoms with van der Waals surface area (Å²) >= 11 is 0. The number of halogens is 1. The van der Waals surface area contributed by atoms with E-state index in [-0.39, 0.29) is 5.82 Å². The molecule has 0 aliphatic carbocycles. The lowest BCUT2D eigenvalue weighted by molar-refractivity contribution is 0.462. The summed E-state index contributed by atoms with van der Waals surface area (Å²) in [5.41, 5.74) is 2.44. The third-order valence-corrected chi connectivity index (χ3v) is 3.66. The summed E-state index contributed by atoms with van der Waals surface area (Å²) in [6.07, 6.45) is 0. The van der Waals surface area contributed by atoms with E-state index < -0.39 is 0 Å². The van der Waals surface area contributed by atoms with Gasteiger partial charge in [-0.3, -0.25) is 0 Å². The fraction of sp³-hybridized carbons (Fsp3) is 0.263. The molecule has 0 unspecified atom stereocenters. The van der Waals surface area contributed by atoms with Gasteiger partial charge in [-0.25, -0.2) is 9.38 Å². The van der Waals surface area contributed by atoms with Gasteiger partial charge in [0.05, 0.1) is 18.2 Å². The second-order valence-electron chi connectivity index (χ2n) is 5.25. The summed E-state index contributed by atoms with van der Waals surface area (Å²) in [6, 6.07) is 15.7. The first-order valence-corrected chi connectivity index (χ1v) is 7.97. The van der Waals surface area contributed by atoms with Gasteiger partial charge in [-0.1, -0.05) is 12.1 Å². The molecule has 124 valence electrons. The van der Waals surface area contributed by atoms with Gasteiger partial charge < -0.3 is 10.2 Å². The highest BCUT2D eigenvalue weighted by Crippen LogP contribution is 2.11. The van der Waals surface area contributed by atoms with Crippen molar-refractivity contribution in [3.63, 3.8) is 0 Å². The van der Waals surface area contributed by atoms with Crippen molar-refractivity contribution in [2.45, 2.75) is 20.4 Å². The first kappa shape index (κ1) is 17.5. The Balaban J connectivity index is 2.18. The van der Waals surface area contributed by atoms with Crippen LogP contribution in [0.4, 0.5) is 10.1 Å². The van der Waals surface area contributed by atoms with Gasteiger partial charge in [-0.2, -0.15) is 5.26 Å². The minimum Gasteiger partial charge on any atom is -0.343 e. The molecule has 0 fully saturated rings. The van der Waals surface area contributed by atoms with Crippen LogP contribution in [0.5, 0.6) is 0 Å². The molecule has 0 amide bonds. The van der Waals surface area contributed by atoms with Gasteiger partial charge in [0.2, 0.25) is 0 Å². The van der Waals surface area contributed by atoms with Gasteiger partial charge >= 0.3 is 0 Å². The Bertz CT molecular complexity index is 711. The highest BCUT2D eigenvalue weighted by molar-refractivity contribution is 5.93. The number of nitrogens with one attached hydrogen (secondary N) is 1. The zero-order chi connectivity index (χ0) is 17.4. The third kappa shape index (κ3) is 4.82. The largest absolute Gasteiger partial charge is 0.343 e. The van der Waals surface area contributed by atoms with Crippen molar-refractivity contribution < 1.29 is 4.39 Å². The Labute approximate surface area is 142 Å². The van der Waals surface area contributed by atoms with Crippen molar-refractivity contribution >= 4 is 11.6 Å². The van der Waals surface area contributed by atoms with Gasteiger partial charge in [0, 0.05) is 18.8 Å². The fourth-order valence-electron chi connectivity index (χ4n) is 2.25. The number of rotatable bonds is 5. The van der Waals surface area contributed by atoms with E-state index in [9.17, 15) is 4.39 Å². The molecule has 0 radical (unpaired) electrons. The highest BCUT2D eigenvalue weighted by atomic mass is 19.1. The topological polar surface area (TPSA) is 51.4 Å². The molecule has 0 saturated heterocycles. The Morgan fingerprint density at radius 1 is 1.08 bits per heavy atom. The number of benzene rings is 2. The Morgan fingerprint density at radius 2 is 1.71 bits per heavy atom. The van der Waals surface area contributed by atoms with E-state index in [1.54, 1.807) is 24.3 Å². The minimum atomic E-state index is -0.248. The van der Waals surface area contributed by atoms with Crippen molar-refractivity contribution in [1.82, 2.24) is 4.90 Å². The molecule has 0 aliphatic heterocycles. The predicted molar refractivity (Wildman–Crippen MR) is 95.2 cm³/mol. The average Bonchev–Trinajstić information content (AvgIpc) is 2.62. The molecule has 24 heavy (non-hydrogen) atoms. The van der Waals surface area contributed by atoms with Gasteiger partial charge in [0.15, 0.2) is 5.96 Å². The van der Waals surface area contributed by atoms with Gasteiger partial charge in [0.1, 0.15) is 5.82 Å².